The summed E-state index contributed by atoms with van der Waals surface area (Å²) < 4.78 is 5.01. The average molecular weight is 322 g/mol. The van der Waals surface area contributed by atoms with Crippen molar-refractivity contribution in [2.24, 2.45) is 5.92 Å². The van der Waals surface area contributed by atoms with Crippen molar-refractivity contribution < 1.29 is 34.4 Å². The highest BCUT2D eigenvalue weighted by molar-refractivity contribution is 5.78. The Morgan fingerprint density at radius 2 is 1.96 bits per heavy atom. The van der Waals surface area contributed by atoms with Gasteiger partial charge >= 0.3 is 5.97 Å². The lowest BCUT2D eigenvalue weighted by Crippen LogP contribution is -2.16. The van der Waals surface area contributed by atoms with Gasteiger partial charge in [-0.1, -0.05) is 6.07 Å². The predicted octanol–water partition coefficient (Wildman–Crippen LogP) is 1.42. The minimum Gasteiger partial charge on any atom is -0.515 e. The Morgan fingerprint density at radius 3 is 2.52 bits per heavy atom. The summed E-state index contributed by atoms with van der Waals surface area (Å²) in [7, 11) is 0. The molecule has 23 heavy (non-hydrogen) atoms. The quantitative estimate of drug-likeness (QED) is 0.207. The molecule has 1 atom stereocenters. The molecule has 0 amide bonds. The van der Waals surface area contributed by atoms with Crippen LogP contribution in [0.1, 0.15) is 18.4 Å². The van der Waals surface area contributed by atoms with E-state index in [9.17, 15) is 24.6 Å². The first-order chi connectivity index (χ1) is 11.0. The summed E-state index contributed by atoms with van der Waals surface area (Å²) in [5.74, 6) is -1.83. The first kappa shape index (κ1) is 18.2. The molecule has 0 fully saturated rings. The average Bonchev–Trinajstić information content (AvgIpc) is 2.52. The highest BCUT2D eigenvalue weighted by Gasteiger charge is 2.19. The summed E-state index contributed by atoms with van der Waals surface area (Å²) in [5, 5.41) is 27.4. The maximum Gasteiger partial charge on any atom is 0.306 e. The third-order valence-electron chi connectivity index (χ3n) is 3.24. The van der Waals surface area contributed by atoms with Crippen LogP contribution in [0.3, 0.4) is 0 Å². The molecule has 1 rings (SSSR count). The van der Waals surface area contributed by atoms with E-state index in [1.54, 1.807) is 6.07 Å². The van der Waals surface area contributed by atoms with Crippen molar-refractivity contribution in [3.63, 3.8) is 0 Å². The van der Waals surface area contributed by atoms with E-state index >= 15 is 0 Å². The number of aldehydes is 2. The number of benzene rings is 1. The van der Waals surface area contributed by atoms with Crippen LogP contribution < -0.4 is 0 Å². The topological polar surface area (TPSA) is 121 Å². The van der Waals surface area contributed by atoms with Gasteiger partial charge in [0, 0.05) is 24.3 Å². The number of phenolic OH excluding ortho intramolecular Hbond substituents is 2. The second-order valence-electron chi connectivity index (χ2n) is 4.84. The van der Waals surface area contributed by atoms with Gasteiger partial charge in [0.1, 0.15) is 12.6 Å². The molecular formula is C16H18O7. The molecule has 0 radical (unpaired) electrons. The van der Waals surface area contributed by atoms with Crippen LogP contribution in [-0.2, 0) is 25.5 Å². The van der Waals surface area contributed by atoms with Gasteiger partial charge in [-0.15, -0.1) is 0 Å². The zero-order chi connectivity index (χ0) is 17.2. The van der Waals surface area contributed by atoms with Crippen molar-refractivity contribution in [1.82, 2.24) is 0 Å². The first-order valence-electron chi connectivity index (χ1n) is 6.91. The Labute approximate surface area is 132 Å². The Kier molecular flexibility index (Phi) is 7.32. The van der Waals surface area contributed by atoms with Gasteiger partial charge in [-0.3, -0.25) is 9.59 Å². The number of aliphatic hydroxyl groups excluding tert-OH is 1. The largest absolute Gasteiger partial charge is 0.515 e. The van der Waals surface area contributed by atoms with Crippen LogP contribution in [0.4, 0.5) is 0 Å². The van der Waals surface area contributed by atoms with Crippen LogP contribution in [0.15, 0.2) is 30.0 Å². The lowest BCUT2D eigenvalue weighted by molar-refractivity contribution is -0.144. The molecule has 0 aliphatic rings. The number of ether oxygens (including phenoxy) is 1. The van der Waals surface area contributed by atoms with E-state index in [4.69, 9.17) is 9.84 Å². The monoisotopic (exact) mass is 322 g/mol. The second-order valence-corrected chi connectivity index (χ2v) is 4.84. The van der Waals surface area contributed by atoms with Gasteiger partial charge in [0.05, 0.1) is 19.3 Å². The third-order valence-corrected chi connectivity index (χ3v) is 3.24. The first-order valence-corrected chi connectivity index (χ1v) is 6.91. The highest BCUT2D eigenvalue weighted by Crippen LogP contribution is 2.25. The van der Waals surface area contributed by atoms with Crippen LogP contribution in [0.2, 0.25) is 0 Å². The molecule has 0 unspecified atom stereocenters. The molecule has 0 spiro atoms. The number of phenols is 2. The Hall–Kier alpha value is -2.83. The van der Waals surface area contributed by atoms with E-state index in [2.05, 4.69) is 0 Å². The minimum absolute atomic E-state index is 0.0378. The number of aliphatic hydroxyl groups is 1. The summed E-state index contributed by atoms with van der Waals surface area (Å²) in [6, 6.07) is 4.27. The number of allylic oxidation sites excluding steroid dienone is 1. The van der Waals surface area contributed by atoms with Crippen molar-refractivity contribution in [3.8, 4) is 11.5 Å². The Bertz CT molecular complexity index is 592. The molecule has 0 aliphatic carbocycles. The predicted molar refractivity (Wildman–Crippen MR) is 80.0 cm³/mol. The van der Waals surface area contributed by atoms with E-state index in [1.165, 1.54) is 12.1 Å². The summed E-state index contributed by atoms with van der Waals surface area (Å²) in [4.78, 5) is 33.0. The van der Waals surface area contributed by atoms with Crippen molar-refractivity contribution in [3.05, 3.63) is 35.6 Å². The van der Waals surface area contributed by atoms with Crippen LogP contribution in [0.5, 0.6) is 11.5 Å². The number of aromatic hydroxyl groups is 2. The van der Waals surface area contributed by atoms with Crippen molar-refractivity contribution >= 4 is 18.5 Å². The summed E-state index contributed by atoms with van der Waals surface area (Å²) in [5.41, 5.74) is 0.624. The molecule has 0 aromatic heterocycles. The van der Waals surface area contributed by atoms with Gasteiger partial charge in [0.2, 0.25) is 0 Å². The van der Waals surface area contributed by atoms with Gasteiger partial charge in [-0.05, 0) is 17.7 Å². The molecule has 7 nitrogen and oxygen atoms in total. The second kappa shape index (κ2) is 9.24. The lowest BCUT2D eigenvalue weighted by Gasteiger charge is -2.12. The fourth-order valence-electron chi connectivity index (χ4n) is 1.95. The number of rotatable bonds is 9. The number of hydrogen-bond donors (Lipinski definition) is 3. The fourth-order valence-corrected chi connectivity index (χ4v) is 1.95. The number of hydrogen-bond acceptors (Lipinski definition) is 7. The maximum absolute atomic E-state index is 11.7. The van der Waals surface area contributed by atoms with Gasteiger partial charge < -0.3 is 24.9 Å². The van der Waals surface area contributed by atoms with E-state index in [0.717, 1.165) is 0 Å². The van der Waals surface area contributed by atoms with E-state index in [0.29, 0.717) is 30.8 Å². The summed E-state index contributed by atoms with van der Waals surface area (Å²) in [6.45, 7) is 0.0378. The lowest BCUT2D eigenvalue weighted by atomic mass is 9.94. The number of carbonyl (C=O) groups is 3. The molecule has 0 bridgehead atoms. The van der Waals surface area contributed by atoms with Crippen LogP contribution in [0, 0.1) is 5.92 Å². The molecule has 0 saturated heterocycles. The van der Waals surface area contributed by atoms with E-state index in [-0.39, 0.29) is 36.5 Å². The molecule has 1 aromatic rings. The van der Waals surface area contributed by atoms with Gasteiger partial charge in [0.25, 0.3) is 0 Å². The van der Waals surface area contributed by atoms with Gasteiger partial charge in [-0.25, -0.2) is 0 Å². The Morgan fingerprint density at radius 1 is 1.22 bits per heavy atom. The van der Waals surface area contributed by atoms with E-state index < -0.39 is 11.9 Å². The smallest absolute Gasteiger partial charge is 0.306 e. The molecule has 0 aliphatic heterocycles. The molecule has 124 valence electrons. The zero-order valence-corrected chi connectivity index (χ0v) is 12.3. The highest BCUT2D eigenvalue weighted by atomic mass is 16.5. The molecule has 1 aromatic carbocycles. The number of esters is 1. The Balaban J connectivity index is 2.50. The van der Waals surface area contributed by atoms with Crippen LogP contribution >= 0.6 is 0 Å². The molecule has 0 saturated carbocycles. The van der Waals surface area contributed by atoms with Gasteiger partial charge in [-0.2, -0.15) is 0 Å². The normalized spacial score (nSPS) is 12.4. The molecule has 0 heterocycles. The SMILES string of the molecule is O=CC[C@@H](CC(=O)OCCc1ccc(O)c(O)c1)C(C=O)=CO. The van der Waals surface area contributed by atoms with Crippen LogP contribution in [0.25, 0.3) is 0 Å². The standard InChI is InChI=1S/C16H18O7/c17-5-3-12(13(9-18)10-19)8-16(22)23-6-4-11-1-2-14(20)15(21)7-11/h1-2,5,7,9-10,12,18,20-21H,3-4,6,8H2/t12-/m0/s1. The minimum atomic E-state index is -0.722. The zero-order valence-electron chi connectivity index (χ0n) is 12.3. The molecule has 3 N–H and O–H groups in total. The van der Waals surface area contributed by atoms with Crippen molar-refractivity contribution in [2.45, 2.75) is 19.3 Å². The molecular weight excluding hydrogens is 304 g/mol. The van der Waals surface area contributed by atoms with Gasteiger partial charge in [0.15, 0.2) is 11.5 Å². The summed E-state index contributed by atoms with van der Waals surface area (Å²) in [6.07, 6.45) is 1.57. The number of carbonyl (C=O) groups excluding carboxylic acids is 3. The third kappa shape index (κ3) is 5.82. The fraction of sp³-hybridized carbons (Fsp3) is 0.312. The van der Waals surface area contributed by atoms with Crippen LogP contribution in [-0.4, -0.2) is 40.5 Å². The summed E-state index contributed by atoms with van der Waals surface area (Å²) >= 11 is 0. The molecule has 7 heteroatoms. The van der Waals surface area contributed by atoms with Crippen molar-refractivity contribution in [1.29, 1.82) is 0 Å². The maximum atomic E-state index is 11.7. The van der Waals surface area contributed by atoms with E-state index in [1.807, 2.05) is 0 Å². The van der Waals surface area contributed by atoms with Crippen molar-refractivity contribution in [2.75, 3.05) is 6.61 Å².